The zero-order valence-electron chi connectivity index (χ0n) is 7.85. The number of aliphatic imine (C=N–C) groups is 1. The minimum absolute atomic E-state index is 0.148. The van der Waals surface area contributed by atoms with Gasteiger partial charge in [-0.05, 0) is 0 Å². The van der Waals surface area contributed by atoms with Crippen LogP contribution in [-0.2, 0) is 19.7 Å². The van der Waals surface area contributed by atoms with E-state index in [4.69, 9.17) is 11.6 Å². The Labute approximate surface area is 92.9 Å². The molecule has 0 aromatic carbocycles. The molecule has 0 aliphatic carbocycles. The number of hydrogen-bond donors (Lipinski definition) is 1. The second-order valence-corrected chi connectivity index (χ2v) is 7.20. The van der Waals surface area contributed by atoms with E-state index in [9.17, 15) is 16.8 Å². The average Bonchev–Trinajstić information content (AvgIpc) is 2.00. The lowest BCUT2D eigenvalue weighted by Gasteiger charge is -2.18. The molecule has 1 heterocycles. The summed E-state index contributed by atoms with van der Waals surface area (Å²) in [5.74, 6) is 0. The van der Waals surface area contributed by atoms with Crippen molar-refractivity contribution in [1.82, 2.24) is 5.32 Å². The first kappa shape index (κ1) is 12.5. The Hall–Kier alpha value is -0.600. The number of hydrogen-bond acceptors (Lipinski definition) is 6. The van der Waals surface area contributed by atoms with Crippen LogP contribution >= 0.6 is 11.6 Å². The van der Waals surface area contributed by atoms with E-state index in [1.54, 1.807) is 0 Å². The zero-order valence-corrected chi connectivity index (χ0v) is 10.2. The van der Waals surface area contributed by atoms with Crippen LogP contribution in [0.25, 0.3) is 0 Å². The van der Waals surface area contributed by atoms with Crippen LogP contribution in [0.4, 0.5) is 0 Å². The van der Waals surface area contributed by atoms with Crippen molar-refractivity contribution >= 4 is 37.5 Å². The van der Waals surface area contributed by atoms with Gasteiger partial charge in [0.05, 0.1) is 5.03 Å². The second kappa shape index (κ2) is 3.76. The summed E-state index contributed by atoms with van der Waals surface area (Å²) in [6.45, 7) is 0. The normalized spacial score (nSPS) is 19.1. The van der Waals surface area contributed by atoms with Gasteiger partial charge < -0.3 is 5.32 Å². The first-order valence-corrected chi connectivity index (χ1v) is 7.76. The van der Waals surface area contributed by atoms with Crippen molar-refractivity contribution in [2.75, 3.05) is 12.5 Å². The molecular formula is C6H8ClN2O4S2. The van der Waals surface area contributed by atoms with Gasteiger partial charge in [-0.25, -0.2) is 21.8 Å². The maximum Gasteiger partial charge on any atom is 0.292 e. The highest BCUT2D eigenvalue weighted by atomic mass is 35.5. The molecule has 0 saturated carbocycles. The fourth-order valence-corrected chi connectivity index (χ4v) is 2.62. The molecule has 15 heavy (non-hydrogen) atoms. The molecule has 9 heteroatoms. The standard InChI is InChI=1S/C6H8ClN2O4S2/c1-14(10,11)5-4(7)3-8-6(9-5)15(2,12)13/h3,9H,1-2H3. The fourth-order valence-electron chi connectivity index (χ4n) is 0.821. The highest BCUT2D eigenvalue weighted by molar-refractivity contribution is 7.95. The predicted octanol–water partition coefficient (Wildman–Crippen LogP) is -0.396. The van der Waals surface area contributed by atoms with Gasteiger partial charge in [-0.1, -0.05) is 11.6 Å². The van der Waals surface area contributed by atoms with E-state index in [0.29, 0.717) is 0 Å². The van der Waals surface area contributed by atoms with Gasteiger partial charge in [-0.3, -0.25) is 0 Å². The third-order valence-electron chi connectivity index (χ3n) is 1.45. The van der Waals surface area contributed by atoms with Gasteiger partial charge >= 0.3 is 0 Å². The van der Waals surface area contributed by atoms with Crippen molar-refractivity contribution in [3.8, 4) is 0 Å². The molecule has 0 amide bonds. The first-order valence-electron chi connectivity index (χ1n) is 3.60. The molecule has 6 nitrogen and oxygen atoms in total. The fraction of sp³-hybridized carbons (Fsp3) is 0.333. The van der Waals surface area contributed by atoms with E-state index in [0.717, 1.165) is 18.7 Å². The topological polar surface area (TPSA) is 92.7 Å². The number of halogens is 1. The molecule has 0 bridgehead atoms. The lowest BCUT2D eigenvalue weighted by atomic mass is 10.6. The van der Waals surface area contributed by atoms with E-state index < -0.39 is 25.2 Å². The molecule has 0 aromatic heterocycles. The van der Waals surface area contributed by atoms with Crippen molar-refractivity contribution in [1.29, 1.82) is 0 Å². The Morgan fingerprint density at radius 2 is 1.73 bits per heavy atom. The summed E-state index contributed by atoms with van der Waals surface area (Å²) in [4.78, 5) is 3.48. The summed E-state index contributed by atoms with van der Waals surface area (Å²) in [5, 5.41) is 1.66. The van der Waals surface area contributed by atoms with Crippen LogP contribution in [0.2, 0.25) is 0 Å². The molecule has 0 atom stereocenters. The van der Waals surface area contributed by atoms with Gasteiger partial charge in [-0.2, -0.15) is 0 Å². The highest BCUT2D eigenvalue weighted by Gasteiger charge is 2.30. The van der Waals surface area contributed by atoms with Crippen LogP contribution in [0, 0.1) is 5.50 Å². The number of allylic oxidation sites excluding steroid dienone is 1. The minimum Gasteiger partial charge on any atom is -0.333 e. The molecule has 0 saturated heterocycles. The van der Waals surface area contributed by atoms with Gasteiger partial charge in [-0.15, -0.1) is 0 Å². The maximum absolute atomic E-state index is 11.2. The van der Waals surface area contributed by atoms with E-state index in [-0.39, 0.29) is 10.1 Å². The lowest BCUT2D eigenvalue weighted by molar-refractivity contribution is 0.593. The van der Waals surface area contributed by atoms with Crippen LogP contribution in [0.3, 0.4) is 0 Å². The van der Waals surface area contributed by atoms with Gasteiger partial charge in [0.2, 0.25) is 0 Å². The smallest absolute Gasteiger partial charge is 0.292 e. The minimum atomic E-state index is -3.61. The Balaban J connectivity index is 3.18. The predicted molar refractivity (Wildman–Crippen MR) is 57.4 cm³/mol. The molecule has 1 aliphatic heterocycles. The van der Waals surface area contributed by atoms with Gasteiger partial charge in [0, 0.05) is 18.7 Å². The summed E-state index contributed by atoms with van der Waals surface area (Å²) >= 11 is 5.56. The van der Waals surface area contributed by atoms with Crippen LogP contribution in [0.15, 0.2) is 15.1 Å². The molecule has 0 spiro atoms. The van der Waals surface area contributed by atoms with Gasteiger partial charge in [0.15, 0.2) is 24.7 Å². The number of rotatable bonds is 2. The Morgan fingerprint density at radius 1 is 1.20 bits per heavy atom. The average molecular weight is 272 g/mol. The summed E-state index contributed by atoms with van der Waals surface area (Å²) in [6.07, 6.45) is 2.80. The second-order valence-electron chi connectivity index (χ2n) is 2.91. The van der Waals surface area contributed by atoms with E-state index in [1.165, 1.54) is 0 Å². The van der Waals surface area contributed by atoms with Crippen LogP contribution in [-0.4, -0.2) is 35.6 Å². The van der Waals surface area contributed by atoms with E-state index in [1.807, 2.05) is 0 Å². The van der Waals surface area contributed by atoms with E-state index in [2.05, 4.69) is 10.3 Å². The lowest BCUT2D eigenvalue weighted by Crippen LogP contribution is -2.32. The van der Waals surface area contributed by atoms with Crippen molar-refractivity contribution in [3.05, 3.63) is 15.6 Å². The Morgan fingerprint density at radius 3 is 2.13 bits per heavy atom. The van der Waals surface area contributed by atoms with Crippen molar-refractivity contribution < 1.29 is 16.8 Å². The quantitative estimate of drug-likeness (QED) is 0.738. The molecule has 1 rings (SSSR count). The molecular weight excluding hydrogens is 264 g/mol. The molecule has 1 aliphatic rings. The van der Waals surface area contributed by atoms with E-state index >= 15 is 0 Å². The van der Waals surface area contributed by atoms with Gasteiger partial charge in [0.1, 0.15) is 0 Å². The summed E-state index contributed by atoms with van der Waals surface area (Å²) in [7, 11) is -7.20. The maximum atomic E-state index is 11.2. The largest absolute Gasteiger partial charge is 0.333 e. The van der Waals surface area contributed by atoms with Crippen molar-refractivity contribution in [2.24, 2.45) is 4.99 Å². The SMILES string of the molecule is CS(=O)(=O)[C]1N=CC(Cl)=C(S(C)(=O)=O)N1. The van der Waals surface area contributed by atoms with Gasteiger partial charge in [0.25, 0.3) is 5.50 Å². The van der Waals surface area contributed by atoms with Crippen LogP contribution < -0.4 is 5.32 Å². The zero-order chi connectivity index (χ0) is 11.9. The van der Waals surface area contributed by atoms with Crippen molar-refractivity contribution in [2.45, 2.75) is 0 Å². The van der Waals surface area contributed by atoms with Crippen LogP contribution in [0.5, 0.6) is 0 Å². The molecule has 0 unspecified atom stereocenters. The number of nitrogens with zero attached hydrogens (tertiary/aromatic N) is 1. The molecule has 0 fully saturated rings. The first-order chi connectivity index (χ1) is 6.62. The molecule has 1 N–H and O–H groups in total. The summed E-state index contributed by atoms with van der Waals surface area (Å²) in [6, 6.07) is 0. The molecule has 85 valence electrons. The number of sulfone groups is 2. The third kappa shape index (κ3) is 2.93. The Bertz CT molecular complexity index is 531. The highest BCUT2D eigenvalue weighted by Crippen LogP contribution is 2.21. The molecule has 0 aromatic rings. The summed E-state index contributed by atoms with van der Waals surface area (Å²) < 4.78 is 44.6. The molecule has 1 radical (unpaired) electrons. The number of nitrogens with one attached hydrogen (secondary N) is 1. The van der Waals surface area contributed by atoms with Crippen molar-refractivity contribution in [3.63, 3.8) is 0 Å². The monoisotopic (exact) mass is 271 g/mol. The van der Waals surface area contributed by atoms with Crippen LogP contribution in [0.1, 0.15) is 0 Å². The third-order valence-corrected chi connectivity index (χ3v) is 3.83. The summed E-state index contributed by atoms with van der Waals surface area (Å²) in [5.41, 5.74) is -0.438. The Kier molecular flexibility index (Phi) is 3.13.